The van der Waals surface area contributed by atoms with Crippen LogP contribution in [0.3, 0.4) is 0 Å². The molecule has 3 nitrogen and oxygen atoms in total. The molecule has 0 radical (unpaired) electrons. The van der Waals surface area contributed by atoms with Crippen molar-refractivity contribution in [1.82, 2.24) is 9.80 Å². The van der Waals surface area contributed by atoms with Crippen molar-refractivity contribution in [2.75, 3.05) is 33.7 Å². The zero-order valence-corrected chi connectivity index (χ0v) is 13.3. The van der Waals surface area contributed by atoms with Crippen LogP contribution in [0.15, 0.2) is 15.9 Å². The summed E-state index contributed by atoms with van der Waals surface area (Å²) in [5, 5.41) is 1.96. The van der Waals surface area contributed by atoms with Crippen LogP contribution in [0.5, 0.6) is 0 Å². The molecule has 0 amide bonds. The summed E-state index contributed by atoms with van der Waals surface area (Å²) in [5.41, 5.74) is 0. The van der Waals surface area contributed by atoms with E-state index < -0.39 is 0 Å². The Morgan fingerprint density at radius 1 is 1.61 bits per heavy atom. The molecule has 0 spiro atoms. The van der Waals surface area contributed by atoms with Gasteiger partial charge in [0, 0.05) is 17.1 Å². The first kappa shape index (κ1) is 14.2. The lowest BCUT2D eigenvalue weighted by molar-refractivity contribution is 0.0913. The topological polar surface area (TPSA) is 23.6 Å². The average Bonchev–Trinajstić information content (AvgIpc) is 2.88. The Kier molecular flexibility index (Phi) is 4.95. The number of nitrogens with zero attached hydrogens (tertiary/aromatic N) is 2. The van der Waals surface area contributed by atoms with Crippen LogP contribution in [0.4, 0.5) is 0 Å². The lowest BCUT2D eigenvalue weighted by Crippen LogP contribution is -2.40. The molecule has 1 unspecified atom stereocenters. The van der Waals surface area contributed by atoms with Crippen molar-refractivity contribution in [1.29, 1.82) is 0 Å². The third-order valence-electron chi connectivity index (χ3n) is 3.29. The first-order chi connectivity index (χ1) is 8.58. The second-order valence-corrected chi connectivity index (χ2v) is 6.82. The minimum Gasteiger partial charge on any atom is -0.308 e. The standard InChI is InChI=1S/C13H19BrN2OS/c1-15(2)8-10-4-3-6-16(10)9-12(17)13-11(14)5-7-18-13/h5,7,10H,3-4,6,8-9H2,1-2H3. The summed E-state index contributed by atoms with van der Waals surface area (Å²) < 4.78 is 0.931. The summed E-state index contributed by atoms with van der Waals surface area (Å²) in [4.78, 5) is 17.6. The maximum absolute atomic E-state index is 12.2. The summed E-state index contributed by atoms with van der Waals surface area (Å²) in [7, 11) is 4.18. The molecular weight excluding hydrogens is 312 g/mol. The van der Waals surface area contributed by atoms with Gasteiger partial charge in [-0.3, -0.25) is 9.69 Å². The number of likely N-dealkylation sites (N-methyl/N-ethyl adjacent to an activating group) is 1. The minimum atomic E-state index is 0.238. The highest BCUT2D eigenvalue weighted by molar-refractivity contribution is 9.10. The molecule has 5 heteroatoms. The quantitative estimate of drug-likeness (QED) is 0.775. The van der Waals surface area contributed by atoms with Crippen LogP contribution in [0.2, 0.25) is 0 Å². The van der Waals surface area contributed by atoms with E-state index in [1.54, 1.807) is 0 Å². The van der Waals surface area contributed by atoms with Gasteiger partial charge in [0.25, 0.3) is 0 Å². The van der Waals surface area contributed by atoms with Crippen LogP contribution in [0.25, 0.3) is 0 Å². The summed E-state index contributed by atoms with van der Waals surface area (Å²) in [6, 6.07) is 2.47. The molecule has 100 valence electrons. The average molecular weight is 331 g/mol. The number of Topliss-reactive ketones (excluding diaryl/α,β-unsaturated/α-hetero) is 1. The number of likely N-dealkylation sites (tertiary alicyclic amines) is 1. The van der Waals surface area contributed by atoms with E-state index in [0.29, 0.717) is 12.6 Å². The highest BCUT2D eigenvalue weighted by Gasteiger charge is 2.27. The molecule has 1 aromatic rings. The van der Waals surface area contributed by atoms with Crippen molar-refractivity contribution in [2.45, 2.75) is 18.9 Å². The van der Waals surface area contributed by atoms with E-state index in [9.17, 15) is 4.79 Å². The fourth-order valence-corrected chi connectivity index (χ4v) is 4.01. The van der Waals surface area contributed by atoms with Gasteiger partial charge in [-0.2, -0.15) is 0 Å². The fourth-order valence-electron chi connectivity index (χ4n) is 2.48. The third kappa shape index (κ3) is 3.41. The van der Waals surface area contributed by atoms with E-state index in [1.807, 2.05) is 11.4 Å². The fraction of sp³-hybridized carbons (Fsp3) is 0.615. The summed E-state index contributed by atoms with van der Waals surface area (Å²) >= 11 is 4.96. The van der Waals surface area contributed by atoms with Gasteiger partial charge in [-0.1, -0.05) is 0 Å². The van der Waals surface area contributed by atoms with Crippen molar-refractivity contribution < 1.29 is 4.79 Å². The van der Waals surface area contributed by atoms with Crippen LogP contribution >= 0.6 is 27.3 Å². The third-order valence-corrected chi connectivity index (χ3v) is 5.17. The van der Waals surface area contributed by atoms with Crippen LogP contribution in [-0.2, 0) is 0 Å². The number of rotatable bonds is 5. The molecule has 1 saturated heterocycles. The van der Waals surface area contributed by atoms with Crippen molar-refractivity contribution in [3.63, 3.8) is 0 Å². The van der Waals surface area contributed by atoms with Gasteiger partial charge in [0.1, 0.15) is 0 Å². The van der Waals surface area contributed by atoms with Gasteiger partial charge in [0.05, 0.1) is 11.4 Å². The predicted octanol–water partition coefficient (Wildman–Crippen LogP) is 2.72. The Labute approximate surface area is 121 Å². The molecule has 2 rings (SSSR count). The Morgan fingerprint density at radius 2 is 2.39 bits per heavy atom. The molecule has 1 aliphatic heterocycles. The molecular formula is C13H19BrN2OS. The molecule has 18 heavy (non-hydrogen) atoms. The molecule has 0 aliphatic carbocycles. The molecule has 1 aromatic heterocycles. The van der Waals surface area contributed by atoms with Gasteiger partial charge < -0.3 is 4.90 Å². The monoisotopic (exact) mass is 330 g/mol. The summed E-state index contributed by atoms with van der Waals surface area (Å²) in [5.74, 6) is 0.238. The lowest BCUT2D eigenvalue weighted by Gasteiger charge is -2.26. The number of thiophene rings is 1. The van der Waals surface area contributed by atoms with Crippen LogP contribution < -0.4 is 0 Å². The van der Waals surface area contributed by atoms with E-state index in [0.717, 1.165) is 22.4 Å². The lowest BCUT2D eigenvalue weighted by atomic mass is 10.2. The molecule has 2 heterocycles. The van der Waals surface area contributed by atoms with E-state index in [4.69, 9.17) is 0 Å². The SMILES string of the molecule is CN(C)CC1CCCN1CC(=O)c1sccc1Br. The van der Waals surface area contributed by atoms with Gasteiger partial charge in [-0.25, -0.2) is 0 Å². The van der Waals surface area contributed by atoms with Crippen molar-refractivity contribution in [3.8, 4) is 0 Å². The first-order valence-corrected chi connectivity index (χ1v) is 7.90. The van der Waals surface area contributed by atoms with Gasteiger partial charge in [0.2, 0.25) is 0 Å². The second kappa shape index (κ2) is 6.28. The zero-order chi connectivity index (χ0) is 13.1. The zero-order valence-electron chi connectivity index (χ0n) is 10.9. The Morgan fingerprint density at radius 3 is 3.00 bits per heavy atom. The number of hydrogen-bond donors (Lipinski definition) is 0. The maximum atomic E-state index is 12.2. The van der Waals surface area contributed by atoms with E-state index >= 15 is 0 Å². The number of ketones is 1. The number of carbonyl (C=O) groups is 1. The Hall–Kier alpha value is -0.230. The predicted molar refractivity (Wildman–Crippen MR) is 79.5 cm³/mol. The summed E-state index contributed by atoms with van der Waals surface area (Å²) in [6.07, 6.45) is 2.41. The van der Waals surface area contributed by atoms with Gasteiger partial charge in [0.15, 0.2) is 5.78 Å². The number of halogens is 1. The molecule has 0 aromatic carbocycles. The summed E-state index contributed by atoms with van der Waals surface area (Å²) in [6.45, 7) is 2.64. The Bertz CT molecular complexity index is 419. The van der Waals surface area contributed by atoms with E-state index in [-0.39, 0.29) is 5.78 Å². The number of hydrogen-bond acceptors (Lipinski definition) is 4. The Balaban J connectivity index is 1.96. The normalized spacial score (nSPS) is 20.8. The van der Waals surface area contributed by atoms with Crippen molar-refractivity contribution in [3.05, 3.63) is 20.8 Å². The highest BCUT2D eigenvalue weighted by atomic mass is 79.9. The highest BCUT2D eigenvalue weighted by Crippen LogP contribution is 2.25. The molecule has 0 saturated carbocycles. The number of carbonyl (C=O) groups excluding carboxylic acids is 1. The van der Waals surface area contributed by atoms with Crippen LogP contribution in [0.1, 0.15) is 22.5 Å². The molecule has 1 aliphatic rings. The van der Waals surface area contributed by atoms with Gasteiger partial charge in [-0.15, -0.1) is 11.3 Å². The molecule has 1 atom stereocenters. The minimum absolute atomic E-state index is 0.238. The van der Waals surface area contributed by atoms with Gasteiger partial charge in [-0.05, 0) is 60.9 Å². The largest absolute Gasteiger partial charge is 0.308 e. The molecule has 0 N–H and O–H groups in total. The molecule has 1 fully saturated rings. The van der Waals surface area contributed by atoms with Crippen molar-refractivity contribution >= 4 is 33.0 Å². The van der Waals surface area contributed by atoms with Gasteiger partial charge >= 0.3 is 0 Å². The smallest absolute Gasteiger partial charge is 0.187 e. The maximum Gasteiger partial charge on any atom is 0.187 e. The van der Waals surface area contributed by atoms with E-state index in [1.165, 1.54) is 24.2 Å². The first-order valence-electron chi connectivity index (χ1n) is 6.23. The van der Waals surface area contributed by atoms with Crippen LogP contribution in [0, 0.1) is 0 Å². The molecule has 0 bridgehead atoms. The van der Waals surface area contributed by atoms with Crippen LogP contribution in [-0.4, -0.2) is 55.4 Å². The van der Waals surface area contributed by atoms with E-state index in [2.05, 4.69) is 39.8 Å². The second-order valence-electron chi connectivity index (χ2n) is 5.05. The van der Waals surface area contributed by atoms with Crippen molar-refractivity contribution in [2.24, 2.45) is 0 Å².